The summed E-state index contributed by atoms with van der Waals surface area (Å²) < 4.78 is 0. The van der Waals surface area contributed by atoms with Gasteiger partial charge in [0.05, 0.1) is 5.69 Å². The Morgan fingerprint density at radius 3 is 1.70 bits per heavy atom. The van der Waals surface area contributed by atoms with Crippen molar-refractivity contribution < 1.29 is 0 Å². The lowest BCUT2D eigenvalue weighted by molar-refractivity contribution is 1.29. The van der Waals surface area contributed by atoms with Gasteiger partial charge in [0, 0.05) is 16.8 Å². The average Bonchev–Trinajstić information content (AvgIpc) is 3.11. The van der Waals surface area contributed by atoms with Gasteiger partial charge in [-0.2, -0.15) is 0 Å². The maximum absolute atomic E-state index is 4.44. The van der Waals surface area contributed by atoms with Gasteiger partial charge >= 0.3 is 0 Å². The number of aryl methyl sites for hydroxylation is 2. The van der Waals surface area contributed by atoms with E-state index in [1.807, 2.05) is 0 Å². The highest BCUT2D eigenvalue weighted by molar-refractivity contribution is 6.38. The average molecular weight is 600 g/mol. The molecule has 0 aliphatic carbocycles. The van der Waals surface area contributed by atoms with Gasteiger partial charge in [0.1, 0.15) is 0 Å². The lowest BCUT2D eigenvalue weighted by Gasteiger charge is -2.28. The third-order valence-corrected chi connectivity index (χ3v) is 9.87. The number of hydrogen-bond acceptors (Lipinski definition) is 1. The predicted octanol–water partition coefficient (Wildman–Crippen LogP) is 13.0. The number of rotatable bonds is 5. The summed E-state index contributed by atoms with van der Waals surface area (Å²) in [6.07, 6.45) is 0. The van der Waals surface area contributed by atoms with E-state index in [-0.39, 0.29) is 0 Å². The molecule has 0 unspecified atom stereocenters. The summed E-state index contributed by atoms with van der Waals surface area (Å²) in [5.41, 5.74) is 9.19. The van der Waals surface area contributed by atoms with E-state index in [0.29, 0.717) is 0 Å². The number of nitrogens with zero attached hydrogens (tertiary/aromatic N) is 1. The van der Waals surface area contributed by atoms with Crippen LogP contribution < -0.4 is 4.90 Å². The highest BCUT2D eigenvalue weighted by Gasteiger charge is 2.21. The fourth-order valence-corrected chi connectivity index (χ4v) is 7.50. The predicted molar refractivity (Wildman–Crippen MR) is 204 cm³/mol. The Balaban J connectivity index is 1.29. The summed E-state index contributed by atoms with van der Waals surface area (Å²) in [6, 6.07) is 55.7. The van der Waals surface area contributed by atoms with Crippen molar-refractivity contribution in [2.45, 2.75) is 13.8 Å². The Kier molecular flexibility index (Phi) is 6.16. The summed E-state index contributed by atoms with van der Waals surface area (Å²) in [6.45, 7) is 8.70. The van der Waals surface area contributed by atoms with Crippen LogP contribution in [0.5, 0.6) is 0 Å². The molecule has 0 bridgehead atoms. The molecule has 47 heavy (non-hydrogen) atoms. The highest BCUT2D eigenvalue weighted by atomic mass is 15.1. The largest absolute Gasteiger partial charge is 0.310 e. The number of benzene rings is 9. The monoisotopic (exact) mass is 599 g/mol. The Morgan fingerprint density at radius 1 is 0.426 bits per heavy atom. The van der Waals surface area contributed by atoms with Crippen LogP contribution in [0.3, 0.4) is 0 Å². The molecule has 9 aromatic carbocycles. The molecule has 0 saturated carbocycles. The molecule has 0 saturated heterocycles. The van der Waals surface area contributed by atoms with Gasteiger partial charge in [-0.15, -0.1) is 0 Å². The zero-order valence-electron chi connectivity index (χ0n) is 26.6. The minimum Gasteiger partial charge on any atom is -0.310 e. The van der Waals surface area contributed by atoms with Gasteiger partial charge in [-0.05, 0) is 115 Å². The minimum absolute atomic E-state index is 1.03. The molecule has 1 heteroatoms. The van der Waals surface area contributed by atoms with Crippen LogP contribution in [0, 0.1) is 13.8 Å². The number of anilines is 3. The van der Waals surface area contributed by atoms with E-state index in [0.717, 1.165) is 33.8 Å². The molecule has 0 radical (unpaired) electrons. The second-order valence-corrected chi connectivity index (χ2v) is 12.8. The van der Waals surface area contributed by atoms with Gasteiger partial charge in [-0.3, -0.25) is 0 Å². The molecule has 0 aromatic heterocycles. The summed E-state index contributed by atoms with van der Waals surface area (Å²) in [4.78, 5) is 2.40. The zero-order valence-corrected chi connectivity index (χ0v) is 26.6. The molecular weight excluding hydrogens is 567 g/mol. The molecule has 222 valence electrons. The van der Waals surface area contributed by atoms with Gasteiger partial charge in [0.2, 0.25) is 0 Å². The molecule has 9 rings (SSSR count). The van der Waals surface area contributed by atoms with Crippen LogP contribution in [0.1, 0.15) is 22.3 Å². The topological polar surface area (TPSA) is 3.24 Å². The maximum Gasteiger partial charge on any atom is 0.0540 e. The van der Waals surface area contributed by atoms with Crippen molar-refractivity contribution in [1.29, 1.82) is 0 Å². The third-order valence-electron chi connectivity index (χ3n) is 9.87. The van der Waals surface area contributed by atoms with Crippen molar-refractivity contribution in [3.63, 3.8) is 0 Å². The van der Waals surface area contributed by atoms with Crippen molar-refractivity contribution in [2.24, 2.45) is 0 Å². The van der Waals surface area contributed by atoms with Crippen LogP contribution >= 0.6 is 0 Å². The normalized spacial score (nSPS) is 11.7. The van der Waals surface area contributed by atoms with Gasteiger partial charge in [0.15, 0.2) is 0 Å². The van der Waals surface area contributed by atoms with E-state index in [1.165, 1.54) is 65.0 Å². The van der Waals surface area contributed by atoms with Crippen molar-refractivity contribution in [3.8, 4) is 0 Å². The van der Waals surface area contributed by atoms with Crippen LogP contribution in [0.15, 0.2) is 158 Å². The second kappa shape index (κ2) is 10.6. The van der Waals surface area contributed by atoms with E-state index in [1.54, 1.807) is 0 Å². The summed E-state index contributed by atoms with van der Waals surface area (Å²) in [5.74, 6) is 0. The van der Waals surface area contributed by atoms with Gasteiger partial charge < -0.3 is 4.90 Å². The standard InChI is InChI=1S/C46H33N/c1-29-14-18-32(19-15-29)31(3)33-20-24-37(25-21-33)47(36-22-16-30(2)17-23-36)43-27-26-40-39-11-6-9-35-28-34-8-4-5-10-38(34)46(44(35)39)42-13-7-12-41(43)45(40)42/h4-28H,3H2,1-2H3. The third kappa shape index (κ3) is 4.31. The van der Waals surface area contributed by atoms with Crippen molar-refractivity contribution in [3.05, 3.63) is 180 Å². The zero-order chi connectivity index (χ0) is 31.6. The molecule has 9 aromatic rings. The molecule has 1 nitrogen and oxygen atoms in total. The highest BCUT2D eigenvalue weighted by Crippen LogP contribution is 2.47. The van der Waals surface area contributed by atoms with Gasteiger partial charge in [-0.1, -0.05) is 133 Å². The summed E-state index contributed by atoms with van der Waals surface area (Å²) in [5, 5.41) is 13.0. The molecule has 0 spiro atoms. The van der Waals surface area contributed by atoms with Crippen molar-refractivity contribution in [1.82, 2.24) is 0 Å². The molecule has 0 amide bonds. The lowest BCUT2D eigenvalue weighted by atomic mass is 9.86. The molecule has 0 aliphatic heterocycles. The number of hydrogen-bond donors (Lipinski definition) is 0. The Labute approximate surface area is 275 Å². The smallest absolute Gasteiger partial charge is 0.0540 e. The van der Waals surface area contributed by atoms with Crippen LogP contribution in [-0.2, 0) is 0 Å². The van der Waals surface area contributed by atoms with Crippen molar-refractivity contribution >= 4 is 76.5 Å². The Bertz CT molecular complexity index is 2630. The molecule has 0 fully saturated rings. The van der Waals surface area contributed by atoms with E-state index in [2.05, 4.69) is 177 Å². The van der Waals surface area contributed by atoms with Crippen LogP contribution in [0.2, 0.25) is 0 Å². The lowest BCUT2D eigenvalue weighted by Crippen LogP contribution is -2.10. The quantitative estimate of drug-likeness (QED) is 0.140. The first kappa shape index (κ1) is 27.4. The first-order valence-corrected chi connectivity index (χ1v) is 16.3. The second-order valence-electron chi connectivity index (χ2n) is 12.8. The summed E-state index contributed by atoms with van der Waals surface area (Å²) >= 11 is 0. The molecule has 0 heterocycles. The minimum atomic E-state index is 1.03. The van der Waals surface area contributed by atoms with Gasteiger partial charge in [0.25, 0.3) is 0 Å². The first-order chi connectivity index (χ1) is 23.0. The van der Waals surface area contributed by atoms with Gasteiger partial charge in [-0.25, -0.2) is 0 Å². The van der Waals surface area contributed by atoms with E-state index in [9.17, 15) is 0 Å². The Hall–Kier alpha value is -5.92. The van der Waals surface area contributed by atoms with Crippen LogP contribution in [-0.4, -0.2) is 0 Å². The SMILES string of the molecule is C=C(c1ccc(C)cc1)c1ccc(N(c2ccc(C)cc2)c2ccc3c4cccc5cc6ccccc6c(c6cccc2c36)c54)cc1. The van der Waals surface area contributed by atoms with E-state index in [4.69, 9.17) is 0 Å². The van der Waals surface area contributed by atoms with E-state index >= 15 is 0 Å². The van der Waals surface area contributed by atoms with E-state index < -0.39 is 0 Å². The first-order valence-electron chi connectivity index (χ1n) is 16.3. The molecule has 0 atom stereocenters. The fraction of sp³-hybridized carbons (Fsp3) is 0.0435. The summed E-state index contributed by atoms with van der Waals surface area (Å²) in [7, 11) is 0. The Morgan fingerprint density at radius 2 is 0.957 bits per heavy atom. The number of fused-ring (bicyclic) bond motifs is 4. The van der Waals surface area contributed by atoms with Crippen LogP contribution in [0.25, 0.3) is 59.4 Å². The molecular formula is C46H33N. The molecule has 0 N–H and O–H groups in total. The maximum atomic E-state index is 4.44. The van der Waals surface area contributed by atoms with Crippen LogP contribution in [0.4, 0.5) is 17.1 Å². The molecule has 0 aliphatic rings. The van der Waals surface area contributed by atoms with Crippen molar-refractivity contribution in [2.75, 3.05) is 4.90 Å². The fourth-order valence-electron chi connectivity index (χ4n) is 7.50.